The van der Waals surface area contributed by atoms with Crippen molar-refractivity contribution in [3.63, 3.8) is 0 Å². The predicted octanol–water partition coefficient (Wildman–Crippen LogP) is 5.85. The summed E-state index contributed by atoms with van der Waals surface area (Å²) in [7, 11) is 0. The minimum atomic E-state index is 0.222. The normalized spacial score (nSPS) is 21.4. The fourth-order valence-electron chi connectivity index (χ4n) is 5.69. The molecule has 4 nitrogen and oxygen atoms in total. The van der Waals surface area contributed by atoms with E-state index in [0.717, 1.165) is 56.6 Å². The third-order valence-corrected chi connectivity index (χ3v) is 7.63. The standard InChI is InChI=1S/C29H35N3O/c1-2-21-12-14-23(15-13-21)25-17-26(20-32(19-25)29(33)24-10-6-7-11-24)28-18-27(30-31-28)16-22-8-4-3-5-9-22/h3-5,8-9,12-15,18,24-26H,2,6-7,10-11,16-17,19-20H2,1H3,(H,30,31). The van der Waals surface area contributed by atoms with Crippen LogP contribution in [-0.4, -0.2) is 34.1 Å². The molecule has 2 heterocycles. The Kier molecular flexibility index (Phi) is 6.61. The molecule has 0 radical (unpaired) electrons. The number of aromatic nitrogens is 2. The summed E-state index contributed by atoms with van der Waals surface area (Å²) in [6, 6.07) is 21.8. The summed E-state index contributed by atoms with van der Waals surface area (Å²) in [4.78, 5) is 15.6. The quantitative estimate of drug-likeness (QED) is 0.521. The van der Waals surface area contributed by atoms with Crippen molar-refractivity contribution in [2.45, 2.75) is 63.7 Å². The number of aryl methyl sites for hydroxylation is 1. The van der Waals surface area contributed by atoms with Crippen molar-refractivity contribution in [3.8, 4) is 0 Å². The van der Waals surface area contributed by atoms with Gasteiger partial charge in [-0.3, -0.25) is 9.89 Å². The molecule has 1 amide bonds. The molecular weight excluding hydrogens is 406 g/mol. The van der Waals surface area contributed by atoms with Crippen LogP contribution in [0.4, 0.5) is 0 Å². The van der Waals surface area contributed by atoms with E-state index in [0.29, 0.717) is 11.8 Å². The van der Waals surface area contributed by atoms with Gasteiger partial charge in [0, 0.05) is 43.0 Å². The zero-order valence-electron chi connectivity index (χ0n) is 19.7. The first-order valence-corrected chi connectivity index (χ1v) is 12.7. The van der Waals surface area contributed by atoms with Crippen LogP contribution in [0.15, 0.2) is 60.7 Å². The Hall–Kier alpha value is -2.88. The zero-order chi connectivity index (χ0) is 22.6. The van der Waals surface area contributed by atoms with E-state index in [-0.39, 0.29) is 11.8 Å². The number of carbonyl (C=O) groups excluding carboxylic acids is 1. The summed E-state index contributed by atoms with van der Waals surface area (Å²) in [5.41, 5.74) is 6.23. The van der Waals surface area contributed by atoms with Gasteiger partial charge in [-0.1, -0.05) is 74.4 Å². The van der Waals surface area contributed by atoms with Crippen molar-refractivity contribution in [3.05, 3.63) is 88.7 Å². The first-order chi connectivity index (χ1) is 16.2. The van der Waals surface area contributed by atoms with E-state index in [4.69, 9.17) is 5.10 Å². The number of hydrogen-bond donors (Lipinski definition) is 1. The van der Waals surface area contributed by atoms with Crippen molar-refractivity contribution >= 4 is 5.91 Å². The van der Waals surface area contributed by atoms with Crippen LogP contribution in [0.3, 0.4) is 0 Å². The van der Waals surface area contributed by atoms with Gasteiger partial charge in [0.15, 0.2) is 0 Å². The second kappa shape index (κ2) is 9.94. The number of nitrogens with zero attached hydrogens (tertiary/aromatic N) is 2. The van der Waals surface area contributed by atoms with Gasteiger partial charge in [-0.15, -0.1) is 0 Å². The molecule has 1 aromatic heterocycles. The molecule has 2 fully saturated rings. The van der Waals surface area contributed by atoms with Gasteiger partial charge < -0.3 is 4.90 Å². The lowest BCUT2D eigenvalue weighted by atomic mass is 9.82. The molecule has 1 saturated carbocycles. The van der Waals surface area contributed by atoms with Crippen molar-refractivity contribution in [1.29, 1.82) is 0 Å². The summed E-state index contributed by atoms with van der Waals surface area (Å²) in [6.45, 7) is 3.81. The number of rotatable bonds is 6. The number of aromatic amines is 1. The Balaban J connectivity index is 1.37. The Morgan fingerprint density at radius 3 is 2.42 bits per heavy atom. The number of piperidine rings is 1. The van der Waals surface area contributed by atoms with Gasteiger partial charge in [0.2, 0.25) is 5.91 Å². The molecule has 1 aliphatic carbocycles. The fraction of sp³-hybridized carbons (Fsp3) is 0.448. The number of carbonyl (C=O) groups is 1. The highest BCUT2D eigenvalue weighted by molar-refractivity contribution is 5.79. The Labute approximate surface area is 197 Å². The maximum absolute atomic E-state index is 13.4. The highest BCUT2D eigenvalue weighted by atomic mass is 16.2. The second-order valence-corrected chi connectivity index (χ2v) is 9.93. The third-order valence-electron chi connectivity index (χ3n) is 7.63. The lowest BCUT2D eigenvalue weighted by molar-refractivity contribution is -0.137. The number of benzene rings is 2. The minimum absolute atomic E-state index is 0.222. The van der Waals surface area contributed by atoms with Crippen molar-refractivity contribution in [1.82, 2.24) is 15.1 Å². The van der Waals surface area contributed by atoms with Gasteiger partial charge in [0.05, 0.1) is 5.69 Å². The maximum atomic E-state index is 13.4. The molecule has 2 unspecified atom stereocenters. The monoisotopic (exact) mass is 441 g/mol. The minimum Gasteiger partial charge on any atom is -0.341 e. The van der Waals surface area contributed by atoms with Crippen LogP contribution in [-0.2, 0) is 17.6 Å². The number of likely N-dealkylation sites (tertiary alicyclic amines) is 1. The molecule has 3 aromatic rings. The molecule has 33 heavy (non-hydrogen) atoms. The van der Waals surface area contributed by atoms with Crippen LogP contribution in [0.2, 0.25) is 0 Å². The Morgan fingerprint density at radius 1 is 0.970 bits per heavy atom. The van der Waals surface area contributed by atoms with E-state index in [1.54, 1.807) is 0 Å². The molecule has 0 bridgehead atoms. The highest BCUT2D eigenvalue weighted by Gasteiger charge is 2.36. The van der Waals surface area contributed by atoms with Gasteiger partial charge in [-0.2, -0.15) is 5.10 Å². The SMILES string of the molecule is CCc1ccc(C2CC(c3cc(Cc4ccccc4)[nH]n3)CN(C(=O)C3CCCC3)C2)cc1. The lowest BCUT2D eigenvalue weighted by Crippen LogP contribution is -2.44. The molecule has 1 saturated heterocycles. The molecule has 172 valence electrons. The summed E-state index contributed by atoms with van der Waals surface area (Å²) in [5, 5.41) is 7.99. The largest absolute Gasteiger partial charge is 0.341 e. The van der Waals surface area contributed by atoms with E-state index in [1.165, 1.54) is 29.5 Å². The summed E-state index contributed by atoms with van der Waals surface area (Å²) < 4.78 is 0. The van der Waals surface area contributed by atoms with E-state index in [9.17, 15) is 4.79 Å². The molecule has 1 N–H and O–H groups in total. The van der Waals surface area contributed by atoms with Crippen LogP contribution in [0.1, 0.15) is 78.9 Å². The van der Waals surface area contributed by atoms with Crippen molar-refractivity contribution in [2.75, 3.05) is 13.1 Å². The van der Waals surface area contributed by atoms with E-state index in [2.05, 4.69) is 71.5 Å². The summed E-state index contributed by atoms with van der Waals surface area (Å²) in [6.07, 6.45) is 7.44. The highest BCUT2D eigenvalue weighted by Crippen LogP contribution is 2.37. The zero-order valence-corrected chi connectivity index (χ0v) is 19.7. The number of H-pyrrole nitrogens is 1. The van der Waals surface area contributed by atoms with Gasteiger partial charge in [-0.25, -0.2) is 0 Å². The van der Waals surface area contributed by atoms with Crippen LogP contribution in [0, 0.1) is 5.92 Å². The lowest BCUT2D eigenvalue weighted by Gasteiger charge is -2.38. The predicted molar refractivity (Wildman–Crippen MR) is 132 cm³/mol. The smallest absolute Gasteiger partial charge is 0.225 e. The van der Waals surface area contributed by atoms with Gasteiger partial charge in [0.1, 0.15) is 0 Å². The van der Waals surface area contributed by atoms with E-state index in [1.807, 2.05) is 6.07 Å². The first kappa shape index (κ1) is 21.9. The van der Waals surface area contributed by atoms with Gasteiger partial charge in [-0.05, 0) is 48.4 Å². The van der Waals surface area contributed by atoms with Crippen molar-refractivity contribution in [2.24, 2.45) is 5.92 Å². The number of nitrogens with one attached hydrogen (secondary N) is 1. The van der Waals surface area contributed by atoms with E-state index >= 15 is 0 Å². The Morgan fingerprint density at radius 2 is 1.70 bits per heavy atom. The van der Waals surface area contributed by atoms with Gasteiger partial charge >= 0.3 is 0 Å². The molecule has 1 aliphatic heterocycles. The fourth-order valence-corrected chi connectivity index (χ4v) is 5.69. The Bertz CT molecular complexity index is 1050. The van der Waals surface area contributed by atoms with Crippen LogP contribution in [0.5, 0.6) is 0 Å². The van der Waals surface area contributed by atoms with E-state index < -0.39 is 0 Å². The second-order valence-electron chi connectivity index (χ2n) is 9.93. The molecular formula is C29H35N3O. The number of hydrogen-bond acceptors (Lipinski definition) is 2. The topological polar surface area (TPSA) is 49.0 Å². The maximum Gasteiger partial charge on any atom is 0.225 e. The average Bonchev–Trinajstić information content (AvgIpc) is 3.57. The van der Waals surface area contributed by atoms with Crippen LogP contribution in [0.25, 0.3) is 0 Å². The van der Waals surface area contributed by atoms with Crippen LogP contribution >= 0.6 is 0 Å². The van der Waals surface area contributed by atoms with Crippen LogP contribution < -0.4 is 0 Å². The van der Waals surface area contributed by atoms with Crippen molar-refractivity contribution < 1.29 is 4.79 Å². The molecule has 0 spiro atoms. The molecule has 2 atom stereocenters. The average molecular weight is 442 g/mol. The van der Waals surface area contributed by atoms with Gasteiger partial charge in [0.25, 0.3) is 0 Å². The molecule has 2 aliphatic rings. The summed E-state index contributed by atoms with van der Waals surface area (Å²) >= 11 is 0. The third kappa shape index (κ3) is 5.05. The molecule has 4 heteroatoms. The molecule has 2 aromatic carbocycles. The number of amides is 1. The summed E-state index contributed by atoms with van der Waals surface area (Å²) in [5.74, 6) is 1.21. The molecule has 5 rings (SSSR count). The first-order valence-electron chi connectivity index (χ1n) is 12.7.